The number of fused-ring (bicyclic) bond motifs is 1. The maximum atomic E-state index is 13.8. The molecule has 0 bridgehead atoms. The zero-order valence-electron chi connectivity index (χ0n) is 9.66. The summed E-state index contributed by atoms with van der Waals surface area (Å²) in [7, 11) is 0. The smallest absolute Gasteiger partial charge is 0.130 e. The quantitative estimate of drug-likeness (QED) is 0.783. The fraction of sp³-hybridized carbons (Fsp3) is 0.0769. The molecule has 0 spiro atoms. The van der Waals surface area contributed by atoms with Crippen LogP contribution in [0, 0.1) is 5.82 Å². The van der Waals surface area contributed by atoms with Gasteiger partial charge < -0.3 is 5.11 Å². The molecule has 0 radical (unpaired) electrons. The number of benzene rings is 1. The van der Waals surface area contributed by atoms with Crippen LogP contribution in [-0.2, 0) is 0 Å². The molecule has 1 aromatic carbocycles. The Bertz CT molecular complexity index is 744. The van der Waals surface area contributed by atoms with E-state index in [2.05, 4.69) is 10.1 Å². The lowest BCUT2D eigenvalue weighted by atomic mass is 10.0. The summed E-state index contributed by atoms with van der Waals surface area (Å²) in [4.78, 5) is 3.97. The van der Waals surface area contributed by atoms with Crippen LogP contribution in [0.4, 0.5) is 4.39 Å². The van der Waals surface area contributed by atoms with Crippen molar-refractivity contribution in [2.24, 2.45) is 0 Å². The Balaban J connectivity index is 2.10. The van der Waals surface area contributed by atoms with Crippen LogP contribution in [0.5, 0.6) is 0 Å². The molecule has 2 aromatic heterocycles. The molecule has 1 N–H and O–H groups in total. The highest BCUT2D eigenvalue weighted by Gasteiger charge is 2.19. The second-order valence-corrected chi connectivity index (χ2v) is 4.51. The van der Waals surface area contributed by atoms with Crippen LogP contribution in [0.25, 0.3) is 5.52 Å². The molecule has 3 aromatic rings. The van der Waals surface area contributed by atoms with Gasteiger partial charge in [0.05, 0.1) is 17.9 Å². The van der Waals surface area contributed by atoms with E-state index in [1.54, 1.807) is 23.1 Å². The number of rotatable bonds is 2. The Hall–Kier alpha value is -1.98. The van der Waals surface area contributed by atoms with Gasteiger partial charge in [-0.2, -0.15) is 5.10 Å². The molecule has 19 heavy (non-hydrogen) atoms. The third kappa shape index (κ3) is 2.07. The van der Waals surface area contributed by atoms with Gasteiger partial charge in [-0.25, -0.2) is 8.91 Å². The first-order valence-electron chi connectivity index (χ1n) is 5.57. The van der Waals surface area contributed by atoms with Crippen LogP contribution in [0.3, 0.4) is 0 Å². The number of halogens is 2. The molecule has 0 fully saturated rings. The van der Waals surface area contributed by atoms with Crippen LogP contribution >= 0.6 is 11.6 Å². The van der Waals surface area contributed by atoms with Crippen LogP contribution < -0.4 is 0 Å². The number of hydrogen-bond donors (Lipinski definition) is 1. The Morgan fingerprint density at radius 1 is 1.26 bits per heavy atom. The van der Waals surface area contributed by atoms with Crippen LogP contribution in [-0.4, -0.2) is 19.7 Å². The zero-order valence-corrected chi connectivity index (χ0v) is 10.4. The van der Waals surface area contributed by atoms with E-state index in [9.17, 15) is 9.50 Å². The SMILES string of the molecule is OC(c1ccc(Cl)cc1F)c1cnn2ccncc12. The summed E-state index contributed by atoms with van der Waals surface area (Å²) in [6, 6.07) is 4.17. The average molecular weight is 278 g/mol. The molecule has 0 aliphatic heterocycles. The van der Waals surface area contributed by atoms with Crippen LogP contribution in [0.2, 0.25) is 5.02 Å². The monoisotopic (exact) mass is 277 g/mol. The molecular weight excluding hydrogens is 269 g/mol. The van der Waals surface area contributed by atoms with Gasteiger partial charge in [0.15, 0.2) is 0 Å². The second kappa shape index (κ2) is 4.60. The van der Waals surface area contributed by atoms with E-state index in [1.165, 1.54) is 24.4 Å². The summed E-state index contributed by atoms with van der Waals surface area (Å²) in [5, 5.41) is 14.7. The zero-order chi connectivity index (χ0) is 13.4. The molecule has 6 heteroatoms. The molecular formula is C13H9ClFN3O. The molecule has 2 heterocycles. The molecule has 0 amide bonds. The summed E-state index contributed by atoms with van der Waals surface area (Å²) >= 11 is 5.69. The highest BCUT2D eigenvalue weighted by atomic mass is 35.5. The average Bonchev–Trinajstić information content (AvgIpc) is 2.82. The van der Waals surface area contributed by atoms with Crippen molar-refractivity contribution in [1.82, 2.24) is 14.6 Å². The summed E-state index contributed by atoms with van der Waals surface area (Å²) in [6.45, 7) is 0. The van der Waals surface area contributed by atoms with Gasteiger partial charge in [-0.1, -0.05) is 17.7 Å². The molecule has 1 atom stereocenters. The number of hydrogen-bond acceptors (Lipinski definition) is 3. The Labute approximate surface area is 113 Å². The van der Waals surface area contributed by atoms with Gasteiger partial charge in [0, 0.05) is 28.5 Å². The predicted octanol–water partition coefficient (Wildman–Crippen LogP) is 2.60. The largest absolute Gasteiger partial charge is 0.383 e. The molecule has 0 saturated carbocycles. The number of aromatic nitrogens is 3. The first kappa shape index (κ1) is 12.1. The third-order valence-corrected chi connectivity index (χ3v) is 3.14. The van der Waals surface area contributed by atoms with Gasteiger partial charge >= 0.3 is 0 Å². The highest BCUT2D eigenvalue weighted by molar-refractivity contribution is 6.30. The van der Waals surface area contributed by atoms with Crippen molar-refractivity contribution in [3.63, 3.8) is 0 Å². The number of aliphatic hydroxyl groups excluding tert-OH is 1. The minimum absolute atomic E-state index is 0.156. The molecule has 4 nitrogen and oxygen atoms in total. The van der Waals surface area contributed by atoms with Crippen molar-refractivity contribution in [2.45, 2.75) is 6.10 Å². The first-order valence-corrected chi connectivity index (χ1v) is 5.95. The van der Waals surface area contributed by atoms with E-state index in [0.717, 1.165) is 0 Å². The highest BCUT2D eigenvalue weighted by Crippen LogP contribution is 2.28. The van der Waals surface area contributed by atoms with E-state index in [4.69, 9.17) is 11.6 Å². The summed E-state index contributed by atoms with van der Waals surface area (Å²) in [5.41, 5.74) is 1.28. The van der Waals surface area contributed by atoms with Crippen molar-refractivity contribution in [1.29, 1.82) is 0 Å². The number of aliphatic hydroxyl groups is 1. The van der Waals surface area contributed by atoms with E-state index in [0.29, 0.717) is 11.1 Å². The second-order valence-electron chi connectivity index (χ2n) is 4.07. The van der Waals surface area contributed by atoms with E-state index >= 15 is 0 Å². The standard InChI is InChI=1S/C13H9ClFN3O/c14-8-1-2-9(11(15)5-8)13(19)10-6-17-18-4-3-16-7-12(10)18/h1-7,13,19H. The van der Waals surface area contributed by atoms with Crippen molar-refractivity contribution in [3.8, 4) is 0 Å². The van der Waals surface area contributed by atoms with Crippen molar-refractivity contribution in [3.05, 3.63) is 65.0 Å². The van der Waals surface area contributed by atoms with Crippen LogP contribution in [0.1, 0.15) is 17.2 Å². The lowest BCUT2D eigenvalue weighted by Crippen LogP contribution is -2.02. The molecule has 3 rings (SSSR count). The first-order chi connectivity index (χ1) is 9.16. The Morgan fingerprint density at radius 3 is 2.89 bits per heavy atom. The maximum absolute atomic E-state index is 13.8. The lowest BCUT2D eigenvalue weighted by molar-refractivity contribution is 0.216. The van der Waals surface area contributed by atoms with Gasteiger partial charge in [0.1, 0.15) is 11.9 Å². The third-order valence-electron chi connectivity index (χ3n) is 2.91. The predicted molar refractivity (Wildman–Crippen MR) is 68.5 cm³/mol. The molecule has 96 valence electrons. The lowest BCUT2D eigenvalue weighted by Gasteiger charge is -2.11. The van der Waals surface area contributed by atoms with Gasteiger partial charge in [-0.15, -0.1) is 0 Å². The van der Waals surface area contributed by atoms with Gasteiger partial charge in [-0.05, 0) is 12.1 Å². The molecule has 0 saturated heterocycles. The van der Waals surface area contributed by atoms with Crippen molar-refractivity contribution >= 4 is 17.1 Å². The van der Waals surface area contributed by atoms with E-state index in [-0.39, 0.29) is 10.6 Å². The summed E-state index contributed by atoms with van der Waals surface area (Å²) in [6.07, 6.45) is 5.19. The fourth-order valence-corrected chi connectivity index (χ4v) is 2.11. The molecule has 0 aliphatic rings. The van der Waals surface area contributed by atoms with Gasteiger partial charge in [0.25, 0.3) is 0 Å². The Morgan fingerprint density at radius 2 is 2.11 bits per heavy atom. The fourth-order valence-electron chi connectivity index (χ4n) is 1.95. The van der Waals surface area contributed by atoms with E-state index in [1.807, 2.05) is 0 Å². The topological polar surface area (TPSA) is 50.4 Å². The normalized spacial score (nSPS) is 12.8. The van der Waals surface area contributed by atoms with Crippen LogP contribution in [0.15, 0.2) is 43.0 Å². The maximum Gasteiger partial charge on any atom is 0.130 e. The number of nitrogens with zero attached hydrogens (tertiary/aromatic N) is 3. The summed E-state index contributed by atoms with van der Waals surface area (Å²) < 4.78 is 15.4. The molecule has 0 aliphatic carbocycles. The minimum Gasteiger partial charge on any atom is -0.383 e. The Kier molecular flexibility index (Phi) is 2.93. The van der Waals surface area contributed by atoms with Crippen molar-refractivity contribution in [2.75, 3.05) is 0 Å². The summed E-state index contributed by atoms with van der Waals surface area (Å²) in [5.74, 6) is -0.553. The minimum atomic E-state index is -1.11. The van der Waals surface area contributed by atoms with Gasteiger partial charge in [-0.3, -0.25) is 4.98 Å². The van der Waals surface area contributed by atoms with Gasteiger partial charge in [0.2, 0.25) is 0 Å². The van der Waals surface area contributed by atoms with E-state index < -0.39 is 11.9 Å². The van der Waals surface area contributed by atoms with Crippen molar-refractivity contribution < 1.29 is 9.50 Å². The molecule has 1 unspecified atom stereocenters.